The molecule has 0 saturated carbocycles. The maximum atomic E-state index is 12.9. The molecular weight excluding hydrogens is 482 g/mol. The molecule has 0 unspecified atom stereocenters. The molecule has 1 atom stereocenters. The summed E-state index contributed by atoms with van der Waals surface area (Å²) in [5.74, 6) is -1.39. The van der Waals surface area contributed by atoms with Crippen molar-refractivity contribution >= 4 is 56.0 Å². The topological polar surface area (TPSA) is 82.9 Å². The number of aryl methyl sites for hydroxylation is 1. The highest BCUT2D eigenvalue weighted by Crippen LogP contribution is 2.38. The highest BCUT2D eigenvalue weighted by molar-refractivity contribution is 9.10. The van der Waals surface area contributed by atoms with E-state index < -0.39 is 12.0 Å². The average Bonchev–Trinajstić information content (AvgIpc) is 3.17. The number of pyridine rings is 1. The number of nitrogens with zero attached hydrogens (tertiary/aromatic N) is 3. The number of amides is 1. The van der Waals surface area contributed by atoms with E-state index in [0.717, 1.165) is 32.2 Å². The van der Waals surface area contributed by atoms with Crippen LogP contribution in [-0.4, -0.2) is 32.7 Å². The standard InChI is InChI=1S/C23H19BrClN3O3/c1-13-4-2-6-15-11-17(23(25)26-22(13)15)19-12-18(14-5-3-7-16(24)10-14)27-28(19)20(29)8-9-21(30)31/h2-7,10-11,19H,8-9,12H2,1H3,(H,30,31)/t19-/m1/s1. The van der Waals surface area contributed by atoms with Crippen LogP contribution in [0.15, 0.2) is 58.1 Å². The molecule has 1 amide bonds. The third kappa shape index (κ3) is 4.48. The van der Waals surface area contributed by atoms with Gasteiger partial charge in [-0.3, -0.25) is 9.59 Å². The quantitative estimate of drug-likeness (QED) is 0.469. The largest absolute Gasteiger partial charge is 0.481 e. The number of para-hydroxylation sites is 1. The van der Waals surface area contributed by atoms with Crippen LogP contribution in [0.1, 0.15) is 42.0 Å². The number of hydrazone groups is 1. The minimum Gasteiger partial charge on any atom is -0.481 e. The second-order valence-corrected chi connectivity index (χ2v) is 8.70. The summed E-state index contributed by atoms with van der Waals surface area (Å²) in [6.07, 6.45) is 0.0551. The van der Waals surface area contributed by atoms with Crippen LogP contribution in [0.25, 0.3) is 10.9 Å². The Labute approximate surface area is 192 Å². The fourth-order valence-electron chi connectivity index (χ4n) is 3.73. The fourth-order valence-corrected chi connectivity index (χ4v) is 4.39. The van der Waals surface area contributed by atoms with E-state index in [1.165, 1.54) is 5.01 Å². The Balaban J connectivity index is 1.76. The summed E-state index contributed by atoms with van der Waals surface area (Å²) in [7, 11) is 0. The smallest absolute Gasteiger partial charge is 0.303 e. The Morgan fingerprint density at radius 3 is 2.71 bits per heavy atom. The van der Waals surface area contributed by atoms with Gasteiger partial charge < -0.3 is 5.11 Å². The van der Waals surface area contributed by atoms with E-state index in [9.17, 15) is 9.59 Å². The molecule has 1 aliphatic heterocycles. The Bertz CT molecular complexity index is 1230. The number of hydrogen-bond acceptors (Lipinski definition) is 4. The molecule has 158 valence electrons. The fraction of sp³-hybridized carbons (Fsp3) is 0.217. The van der Waals surface area contributed by atoms with Crippen molar-refractivity contribution in [3.63, 3.8) is 0 Å². The molecule has 0 fully saturated rings. The van der Waals surface area contributed by atoms with Crippen molar-refractivity contribution in [2.24, 2.45) is 5.10 Å². The molecule has 8 heteroatoms. The first-order valence-corrected chi connectivity index (χ1v) is 10.9. The van der Waals surface area contributed by atoms with Crippen molar-refractivity contribution in [2.45, 2.75) is 32.2 Å². The first-order chi connectivity index (χ1) is 14.8. The monoisotopic (exact) mass is 499 g/mol. The molecule has 2 aromatic carbocycles. The zero-order valence-electron chi connectivity index (χ0n) is 16.7. The molecular formula is C23H19BrClN3O3. The van der Waals surface area contributed by atoms with Crippen LogP contribution in [0.5, 0.6) is 0 Å². The van der Waals surface area contributed by atoms with Crippen LogP contribution in [0.4, 0.5) is 0 Å². The number of carbonyl (C=O) groups is 2. The molecule has 3 aromatic rings. The summed E-state index contributed by atoms with van der Waals surface area (Å²) < 4.78 is 0.904. The lowest BCUT2D eigenvalue weighted by Gasteiger charge is -2.23. The first-order valence-electron chi connectivity index (χ1n) is 9.76. The van der Waals surface area contributed by atoms with Crippen LogP contribution < -0.4 is 0 Å². The van der Waals surface area contributed by atoms with E-state index in [1.807, 2.05) is 55.5 Å². The molecule has 6 nitrogen and oxygen atoms in total. The lowest BCUT2D eigenvalue weighted by molar-refractivity contribution is -0.141. The van der Waals surface area contributed by atoms with Crippen LogP contribution in [0.3, 0.4) is 0 Å². The zero-order chi connectivity index (χ0) is 22.1. The Morgan fingerprint density at radius 1 is 1.19 bits per heavy atom. The van der Waals surface area contributed by atoms with E-state index in [1.54, 1.807) is 0 Å². The maximum Gasteiger partial charge on any atom is 0.303 e. The molecule has 2 heterocycles. The van der Waals surface area contributed by atoms with E-state index in [0.29, 0.717) is 17.1 Å². The van der Waals surface area contributed by atoms with Gasteiger partial charge in [0.1, 0.15) is 5.15 Å². The van der Waals surface area contributed by atoms with Gasteiger partial charge in [0.25, 0.3) is 0 Å². The Morgan fingerprint density at radius 2 is 1.97 bits per heavy atom. The molecule has 1 N–H and O–H groups in total. The Hall–Kier alpha value is -2.77. The molecule has 31 heavy (non-hydrogen) atoms. The van der Waals surface area contributed by atoms with E-state index in [2.05, 4.69) is 26.0 Å². The molecule has 1 aliphatic rings. The van der Waals surface area contributed by atoms with Gasteiger partial charge in [-0.1, -0.05) is 57.9 Å². The van der Waals surface area contributed by atoms with Crippen LogP contribution in [0, 0.1) is 6.92 Å². The highest BCUT2D eigenvalue weighted by atomic mass is 79.9. The van der Waals surface area contributed by atoms with Crippen molar-refractivity contribution in [1.29, 1.82) is 0 Å². The molecule has 0 radical (unpaired) electrons. The van der Waals surface area contributed by atoms with Crippen LogP contribution in [0.2, 0.25) is 5.15 Å². The Kier molecular flexibility index (Phi) is 6.07. The third-order valence-electron chi connectivity index (χ3n) is 5.26. The number of carbonyl (C=O) groups excluding carboxylic acids is 1. The number of hydrogen-bond donors (Lipinski definition) is 1. The van der Waals surface area contributed by atoms with Crippen molar-refractivity contribution < 1.29 is 14.7 Å². The van der Waals surface area contributed by atoms with E-state index in [4.69, 9.17) is 16.7 Å². The number of fused-ring (bicyclic) bond motifs is 1. The number of carboxylic acids is 1. The van der Waals surface area contributed by atoms with Crippen LogP contribution in [-0.2, 0) is 9.59 Å². The van der Waals surface area contributed by atoms with Gasteiger partial charge in [0.05, 0.1) is 23.7 Å². The van der Waals surface area contributed by atoms with E-state index in [-0.39, 0.29) is 18.7 Å². The van der Waals surface area contributed by atoms with Crippen molar-refractivity contribution in [2.75, 3.05) is 0 Å². The van der Waals surface area contributed by atoms with Gasteiger partial charge in [-0.15, -0.1) is 0 Å². The average molecular weight is 501 g/mol. The lowest BCUT2D eigenvalue weighted by Crippen LogP contribution is -2.27. The van der Waals surface area contributed by atoms with E-state index >= 15 is 0 Å². The summed E-state index contributed by atoms with van der Waals surface area (Å²) in [5, 5.41) is 16.2. The van der Waals surface area contributed by atoms with Gasteiger partial charge in [-0.2, -0.15) is 5.10 Å². The predicted molar refractivity (Wildman–Crippen MR) is 123 cm³/mol. The SMILES string of the molecule is Cc1cccc2cc([C@H]3CC(c4cccc(Br)c4)=NN3C(=O)CCC(=O)O)c(Cl)nc12. The van der Waals surface area contributed by atoms with Crippen LogP contribution >= 0.6 is 27.5 Å². The van der Waals surface area contributed by atoms with Gasteiger partial charge in [0, 0.05) is 28.3 Å². The number of halogens is 2. The lowest BCUT2D eigenvalue weighted by atomic mass is 9.98. The number of aromatic nitrogens is 1. The normalized spacial score (nSPS) is 15.9. The minimum absolute atomic E-state index is 0.140. The summed E-state index contributed by atoms with van der Waals surface area (Å²) in [4.78, 5) is 28.4. The maximum absolute atomic E-state index is 12.9. The molecule has 0 spiro atoms. The number of rotatable bonds is 5. The summed E-state index contributed by atoms with van der Waals surface area (Å²) in [6.45, 7) is 1.97. The minimum atomic E-state index is -1.03. The summed E-state index contributed by atoms with van der Waals surface area (Å²) >= 11 is 10.0. The molecule has 4 rings (SSSR count). The van der Waals surface area contributed by atoms with Gasteiger partial charge >= 0.3 is 5.97 Å². The van der Waals surface area contributed by atoms with Crippen molar-refractivity contribution in [3.8, 4) is 0 Å². The highest BCUT2D eigenvalue weighted by Gasteiger charge is 2.35. The number of aliphatic carboxylic acids is 1. The molecule has 0 saturated heterocycles. The third-order valence-corrected chi connectivity index (χ3v) is 6.06. The second-order valence-electron chi connectivity index (χ2n) is 7.42. The number of carboxylic acid groups (broad SMARTS) is 1. The van der Waals surface area contributed by atoms with Gasteiger partial charge in [-0.05, 0) is 36.2 Å². The predicted octanol–water partition coefficient (Wildman–Crippen LogP) is 5.50. The molecule has 0 aliphatic carbocycles. The number of benzene rings is 2. The van der Waals surface area contributed by atoms with Gasteiger partial charge in [0.15, 0.2) is 0 Å². The molecule has 1 aromatic heterocycles. The zero-order valence-corrected chi connectivity index (χ0v) is 19.0. The van der Waals surface area contributed by atoms with Gasteiger partial charge in [-0.25, -0.2) is 9.99 Å². The first kappa shape index (κ1) is 21.5. The second kappa shape index (κ2) is 8.77. The van der Waals surface area contributed by atoms with Gasteiger partial charge in [0.2, 0.25) is 5.91 Å². The summed E-state index contributed by atoms with van der Waals surface area (Å²) in [5.41, 5.74) is 4.13. The summed E-state index contributed by atoms with van der Waals surface area (Å²) in [6, 6.07) is 15.0. The van der Waals surface area contributed by atoms with Crippen molar-refractivity contribution in [1.82, 2.24) is 9.99 Å². The molecule has 0 bridgehead atoms. The van der Waals surface area contributed by atoms with Crippen molar-refractivity contribution in [3.05, 3.63) is 74.8 Å².